The number of ether oxygens (including phenoxy) is 1. The Kier molecular flexibility index (Phi) is 6.75. The van der Waals surface area contributed by atoms with E-state index in [1.54, 1.807) is 7.11 Å². The lowest BCUT2D eigenvalue weighted by Crippen LogP contribution is -2.02. The molecule has 0 saturated heterocycles. The Hall–Kier alpha value is -5.54. The van der Waals surface area contributed by atoms with E-state index in [0.29, 0.717) is 0 Å². The van der Waals surface area contributed by atoms with Gasteiger partial charge in [-0.1, -0.05) is 140 Å². The minimum Gasteiger partial charge on any atom is -0.495 e. The summed E-state index contributed by atoms with van der Waals surface area (Å²) in [6, 6.07) is 47.7. The van der Waals surface area contributed by atoms with E-state index >= 15 is 0 Å². The first-order chi connectivity index (χ1) is 20.8. The fourth-order valence-corrected chi connectivity index (χ4v) is 5.57. The molecule has 200 valence electrons. The second-order valence-electron chi connectivity index (χ2n) is 10.2. The van der Waals surface area contributed by atoms with E-state index in [4.69, 9.17) is 15.4 Å². The van der Waals surface area contributed by atoms with Crippen LogP contribution < -0.4 is 15.4 Å². The number of rotatable bonds is 7. The SMILES string of the molecule is COc1c(C2=C(c3ccccc3)[N]C(c3ccccc3)=C2)cccc1C1=C(c2ccccc2)[N]C(c2ccccc2)=C1. The summed E-state index contributed by atoms with van der Waals surface area (Å²) < 4.78 is 6.24. The molecular formula is C39H28N2O. The molecule has 0 spiro atoms. The summed E-state index contributed by atoms with van der Waals surface area (Å²) in [5.41, 5.74) is 12.1. The van der Waals surface area contributed by atoms with Crippen molar-refractivity contribution in [3.05, 3.63) is 185 Å². The zero-order chi connectivity index (χ0) is 28.3. The minimum atomic E-state index is 0.797. The van der Waals surface area contributed by atoms with Crippen molar-refractivity contribution in [3.8, 4) is 5.75 Å². The fraction of sp³-hybridized carbons (Fsp3) is 0.0256. The highest BCUT2D eigenvalue weighted by atomic mass is 16.5. The van der Waals surface area contributed by atoms with Crippen molar-refractivity contribution in [1.29, 1.82) is 0 Å². The highest BCUT2D eigenvalue weighted by molar-refractivity contribution is 6.09. The molecule has 42 heavy (non-hydrogen) atoms. The number of hydrogen-bond donors (Lipinski definition) is 0. The Morgan fingerprint density at radius 1 is 0.405 bits per heavy atom. The predicted octanol–water partition coefficient (Wildman–Crippen LogP) is 8.75. The molecule has 7 rings (SSSR count). The zero-order valence-corrected chi connectivity index (χ0v) is 23.2. The molecule has 0 aromatic heterocycles. The average Bonchev–Trinajstić information content (AvgIpc) is 3.72. The van der Waals surface area contributed by atoms with Crippen molar-refractivity contribution in [2.45, 2.75) is 0 Å². The fourth-order valence-electron chi connectivity index (χ4n) is 5.57. The highest BCUT2D eigenvalue weighted by Crippen LogP contribution is 2.45. The smallest absolute Gasteiger partial charge is 0.134 e. The molecule has 0 fully saturated rings. The van der Waals surface area contributed by atoms with E-state index in [1.165, 1.54) is 0 Å². The number of hydrogen-bond acceptors (Lipinski definition) is 1. The molecule has 2 aliphatic heterocycles. The molecule has 5 aromatic rings. The average molecular weight is 541 g/mol. The van der Waals surface area contributed by atoms with Gasteiger partial charge >= 0.3 is 0 Å². The molecule has 0 saturated carbocycles. The molecule has 0 aliphatic carbocycles. The first kappa shape index (κ1) is 25.4. The molecule has 0 amide bonds. The normalized spacial score (nSPS) is 14.3. The standard InChI is InChI=1S/C39H28N2O/c1-42-39-31(33-25-35(27-15-6-2-7-16-27)40-37(33)29-19-10-4-11-20-29)23-14-24-32(39)34-26-36(28-17-8-3-9-18-28)41-38(34)30-21-12-5-13-22-30/h2-26H,1H3. The lowest BCUT2D eigenvalue weighted by atomic mass is 9.93. The Labute approximate surface area is 246 Å². The summed E-state index contributed by atoms with van der Waals surface area (Å²) in [4.78, 5) is 0. The summed E-state index contributed by atoms with van der Waals surface area (Å²) in [5.74, 6) is 0.797. The van der Waals surface area contributed by atoms with Gasteiger partial charge in [-0.2, -0.15) is 0 Å². The van der Waals surface area contributed by atoms with Gasteiger partial charge in [0.2, 0.25) is 0 Å². The third-order valence-electron chi connectivity index (χ3n) is 7.57. The molecule has 2 radical (unpaired) electrons. The third kappa shape index (κ3) is 4.71. The van der Waals surface area contributed by atoms with Crippen LogP contribution in [0.2, 0.25) is 0 Å². The maximum Gasteiger partial charge on any atom is 0.134 e. The number of benzene rings is 5. The lowest BCUT2D eigenvalue weighted by Gasteiger charge is -2.16. The Bertz CT molecular complexity index is 1730. The summed E-state index contributed by atoms with van der Waals surface area (Å²) in [7, 11) is 1.75. The van der Waals surface area contributed by atoms with Gasteiger partial charge in [0, 0.05) is 44.5 Å². The molecule has 0 N–H and O–H groups in total. The molecule has 2 aliphatic rings. The topological polar surface area (TPSA) is 37.4 Å². The number of methoxy groups -OCH3 is 1. The van der Waals surface area contributed by atoms with Crippen LogP contribution in [0.1, 0.15) is 33.4 Å². The number of allylic oxidation sites excluding steroid dienone is 4. The van der Waals surface area contributed by atoms with Crippen LogP contribution in [0.25, 0.3) is 33.9 Å². The molecule has 0 unspecified atom stereocenters. The van der Waals surface area contributed by atoms with Gasteiger partial charge < -0.3 is 4.74 Å². The van der Waals surface area contributed by atoms with Crippen LogP contribution in [-0.2, 0) is 0 Å². The molecule has 3 nitrogen and oxygen atoms in total. The molecule has 5 aromatic carbocycles. The van der Waals surface area contributed by atoms with Crippen molar-refractivity contribution in [3.63, 3.8) is 0 Å². The second-order valence-corrected chi connectivity index (χ2v) is 10.2. The maximum absolute atomic E-state index is 6.24. The van der Waals surface area contributed by atoms with Gasteiger partial charge in [-0.05, 0) is 12.2 Å². The maximum atomic E-state index is 6.24. The molecule has 0 bridgehead atoms. The van der Waals surface area contributed by atoms with Gasteiger partial charge in [-0.25, -0.2) is 10.6 Å². The van der Waals surface area contributed by atoms with E-state index in [1.807, 2.05) is 48.5 Å². The first-order valence-electron chi connectivity index (χ1n) is 14.0. The van der Waals surface area contributed by atoms with Gasteiger partial charge in [0.15, 0.2) is 0 Å². The zero-order valence-electron chi connectivity index (χ0n) is 23.2. The van der Waals surface area contributed by atoms with Crippen molar-refractivity contribution in [1.82, 2.24) is 10.6 Å². The lowest BCUT2D eigenvalue weighted by molar-refractivity contribution is 0.412. The monoisotopic (exact) mass is 540 g/mol. The molecular weight excluding hydrogens is 512 g/mol. The van der Waals surface area contributed by atoms with E-state index in [9.17, 15) is 0 Å². The molecule has 2 heterocycles. The summed E-state index contributed by atoms with van der Waals surface area (Å²) in [5, 5.41) is 10.3. The van der Waals surface area contributed by atoms with Crippen molar-refractivity contribution in [2.24, 2.45) is 0 Å². The Morgan fingerprint density at radius 2 is 0.762 bits per heavy atom. The summed E-state index contributed by atoms with van der Waals surface area (Å²) in [6.07, 6.45) is 4.35. The number of para-hydroxylation sites is 1. The van der Waals surface area contributed by atoms with Crippen LogP contribution in [0.3, 0.4) is 0 Å². The van der Waals surface area contributed by atoms with Gasteiger partial charge in [0.05, 0.1) is 29.9 Å². The molecule has 3 heteroatoms. The summed E-state index contributed by atoms with van der Waals surface area (Å²) in [6.45, 7) is 0. The molecule has 0 atom stereocenters. The van der Waals surface area contributed by atoms with Crippen LogP contribution in [0, 0.1) is 0 Å². The van der Waals surface area contributed by atoms with Crippen molar-refractivity contribution < 1.29 is 4.74 Å². The van der Waals surface area contributed by atoms with Gasteiger partial charge in [0.1, 0.15) is 5.75 Å². The minimum absolute atomic E-state index is 0.797. The third-order valence-corrected chi connectivity index (χ3v) is 7.57. The van der Waals surface area contributed by atoms with E-state index in [2.05, 4.69) is 103 Å². The van der Waals surface area contributed by atoms with Gasteiger partial charge in [0.25, 0.3) is 0 Å². The Morgan fingerprint density at radius 3 is 1.12 bits per heavy atom. The van der Waals surface area contributed by atoms with E-state index in [-0.39, 0.29) is 0 Å². The van der Waals surface area contributed by atoms with Crippen LogP contribution in [-0.4, -0.2) is 7.11 Å². The second kappa shape index (κ2) is 11.1. The van der Waals surface area contributed by atoms with Gasteiger partial charge in [-0.15, -0.1) is 0 Å². The first-order valence-corrected chi connectivity index (χ1v) is 14.0. The van der Waals surface area contributed by atoms with Crippen molar-refractivity contribution in [2.75, 3.05) is 7.11 Å². The van der Waals surface area contributed by atoms with Crippen LogP contribution in [0.5, 0.6) is 5.75 Å². The summed E-state index contributed by atoms with van der Waals surface area (Å²) >= 11 is 0. The van der Waals surface area contributed by atoms with E-state index < -0.39 is 0 Å². The predicted molar refractivity (Wildman–Crippen MR) is 173 cm³/mol. The largest absolute Gasteiger partial charge is 0.495 e. The van der Waals surface area contributed by atoms with Crippen molar-refractivity contribution >= 4 is 33.9 Å². The Balaban J connectivity index is 1.42. The van der Waals surface area contributed by atoms with Crippen LogP contribution in [0.15, 0.2) is 152 Å². The van der Waals surface area contributed by atoms with E-state index in [0.717, 1.165) is 73.1 Å². The highest BCUT2D eigenvalue weighted by Gasteiger charge is 2.28. The van der Waals surface area contributed by atoms with Gasteiger partial charge in [-0.3, -0.25) is 0 Å². The number of nitrogens with zero attached hydrogens (tertiary/aromatic N) is 2. The van der Waals surface area contributed by atoms with Crippen LogP contribution >= 0.6 is 0 Å². The quantitative estimate of drug-likeness (QED) is 0.203. The van der Waals surface area contributed by atoms with Crippen LogP contribution in [0.4, 0.5) is 0 Å².